The van der Waals surface area contributed by atoms with Gasteiger partial charge in [-0.05, 0) is 67.2 Å². The summed E-state index contributed by atoms with van der Waals surface area (Å²) in [5.41, 5.74) is 4.10. The number of hydrogen-bond donors (Lipinski definition) is 3. The first-order valence-electron chi connectivity index (χ1n) is 8.90. The molecular formula is C20H24N4O4S. The topological polar surface area (TPSA) is 93.2 Å². The first-order valence-corrected chi connectivity index (χ1v) is 9.31. The highest BCUT2D eigenvalue weighted by Gasteiger charge is 2.09. The van der Waals surface area contributed by atoms with Gasteiger partial charge in [-0.25, -0.2) is 0 Å². The average molecular weight is 417 g/mol. The number of anilines is 1. The lowest BCUT2D eigenvalue weighted by Crippen LogP contribution is -2.28. The maximum atomic E-state index is 12.1. The van der Waals surface area contributed by atoms with E-state index in [1.54, 1.807) is 55.7 Å². The zero-order valence-electron chi connectivity index (χ0n) is 16.5. The van der Waals surface area contributed by atoms with Crippen LogP contribution < -0.4 is 30.3 Å². The Labute approximate surface area is 175 Å². The van der Waals surface area contributed by atoms with Gasteiger partial charge in [-0.3, -0.25) is 10.2 Å². The molecular weight excluding hydrogens is 392 g/mol. The Balaban J connectivity index is 1.91. The Morgan fingerprint density at radius 2 is 1.90 bits per heavy atom. The third-order valence-electron chi connectivity index (χ3n) is 3.60. The van der Waals surface area contributed by atoms with Gasteiger partial charge in [-0.2, -0.15) is 5.10 Å². The van der Waals surface area contributed by atoms with Gasteiger partial charge in [0.1, 0.15) is 5.75 Å². The molecule has 2 rings (SSSR count). The van der Waals surface area contributed by atoms with Crippen LogP contribution in [0.25, 0.3) is 0 Å². The van der Waals surface area contributed by atoms with Gasteiger partial charge in [-0.15, -0.1) is 0 Å². The molecule has 29 heavy (non-hydrogen) atoms. The van der Waals surface area contributed by atoms with Crippen LogP contribution in [0.1, 0.15) is 12.5 Å². The third kappa shape index (κ3) is 7.30. The van der Waals surface area contributed by atoms with Gasteiger partial charge in [0.15, 0.2) is 23.2 Å². The summed E-state index contributed by atoms with van der Waals surface area (Å²) in [5.74, 6) is 1.40. The van der Waals surface area contributed by atoms with Crippen LogP contribution in [-0.2, 0) is 4.79 Å². The summed E-state index contributed by atoms with van der Waals surface area (Å²) in [6.45, 7) is 2.34. The Bertz CT molecular complexity index is 856. The molecule has 0 bridgehead atoms. The molecule has 0 fully saturated rings. The molecule has 0 aromatic heterocycles. The molecule has 0 aliphatic heterocycles. The minimum atomic E-state index is -0.286. The van der Waals surface area contributed by atoms with Crippen molar-refractivity contribution in [1.29, 1.82) is 0 Å². The predicted molar refractivity (Wildman–Crippen MR) is 117 cm³/mol. The van der Waals surface area contributed by atoms with Gasteiger partial charge in [0.05, 0.1) is 19.9 Å². The minimum absolute atomic E-state index is 0.158. The van der Waals surface area contributed by atoms with Gasteiger partial charge >= 0.3 is 0 Å². The van der Waals surface area contributed by atoms with Crippen LogP contribution in [0.3, 0.4) is 0 Å². The summed E-state index contributed by atoms with van der Waals surface area (Å²) in [7, 11) is 3.23. The normalized spacial score (nSPS) is 10.3. The van der Waals surface area contributed by atoms with Crippen LogP contribution in [0.4, 0.5) is 5.69 Å². The molecule has 0 atom stereocenters. The van der Waals surface area contributed by atoms with Crippen LogP contribution in [0, 0.1) is 0 Å². The maximum absolute atomic E-state index is 12.1. The Kier molecular flexibility index (Phi) is 8.71. The van der Waals surface area contributed by atoms with E-state index in [-0.39, 0.29) is 12.5 Å². The van der Waals surface area contributed by atoms with E-state index in [9.17, 15) is 4.79 Å². The molecule has 2 aromatic carbocycles. The number of carbonyl (C=O) groups excluding carboxylic acids is 1. The van der Waals surface area contributed by atoms with Gasteiger partial charge in [0, 0.05) is 12.7 Å². The molecule has 154 valence electrons. The second-order valence-corrected chi connectivity index (χ2v) is 6.06. The summed E-state index contributed by atoms with van der Waals surface area (Å²) in [6, 6.07) is 12.4. The summed E-state index contributed by atoms with van der Waals surface area (Å²) < 4.78 is 16.3. The molecule has 0 saturated carbocycles. The standard InChI is InChI=1S/C20H24N4O4S/c1-4-27-16-8-6-15(7-9-16)23-19(25)13-28-17-10-5-14(11-18(17)26-3)12-22-24-20(29)21-2/h5-12H,4,13H2,1-3H3,(H,23,25)(H2,21,24,29)/b22-12-. The number of amides is 1. The summed E-state index contributed by atoms with van der Waals surface area (Å²) in [4.78, 5) is 12.1. The minimum Gasteiger partial charge on any atom is -0.494 e. The fourth-order valence-corrected chi connectivity index (χ4v) is 2.30. The summed E-state index contributed by atoms with van der Waals surface area (Å²) in [6.07, 6.45) is 1.59. The van der Waals surface area contributed by atoms with Gasteiger partial charge in [0.2, 0.25) is 0 Å². The number of methoxy groups -OCH3 is 1. The average Bonchev–Trinajstić information content (AvgIpc) is 2.74. The number of benzene rings is 2. The van der Waals surface area contributed by atoms with Crippen LogP contribution in [0.5, 0.6) is 17.2 Å². The van der Waals surface area contributed by atoms with Crippen LogP contribution in [0.15, 0.2) is 47.6 Å². The second kappa shape index (κ2) is 11.5. The van der Waals surface area contributed by atoms with Crippen molar-refractivity contribution in [2.75, 3.05) is 32.7 Å². The van der Waals surface area contributed by atoms with Crippen molar-refractivity contribution in [1.82, 2.24) is 10.7 Å². The first-order chi connectivity index (χ1) is 14.0. The van der Waals surface area contributed by atoms with E-state index in [0.29, 0.717) is 28.9 Å². The number of carbonyl (C=O) groups is 1. The van der Waals surface area contributed by atoms with Crippen molar-refractivity contribution in [3.8, 4) is 17.2 Å². The van der Waals surface area contributed by atoms with Crippen molar-refractivity contribution in [2.45, 2.75) is 6.92 Å². The smallest absolute Gasteiger partial charge is 0.262 e. The van der Waals surface area contributed by atoms with E-state index in [1.807, 2.05) is 6.92 Å². The highest BCUT2D eigenvalue weighted by Crippen LogP contribution is 2.27. The molecule has 0 spiro atoms. The molecule has 0 heterocycles. The quantitative estimate of drug-likeness (QED) is 0.329. The number of hydrogen-bond acceptors (Lipinski definition) is 6. The largest absolute Gasteiger partial charge is 0.494 e. The zero-order chi connectivity index (χ0) is 21.1. The number of thiocarbonyl (C=S) groups is 1. The van der Waals surface area contributed by atoms with Crippen molar-refractivity contribution in [3.05, 3.63) is 48.0 Å². The SMILES string of the molecule is CCOc1ccc(NC(=O)COc2ccc(/C=N\NC(=S)NC)cc2OC)cc1. The lowest BCUT2D eigenvalue weighted by molar-refractivity contribution is -0.118. The summed E-state index contributed by atoms with van der Waals surface area (Å²) in [5, 5.41) is 9.94. The summed E-state index contributed by atoms with van der Waals surface area (Å²) >= 11 is 4.94. The number of hydrazone groups is 1. The molecule has 9 heteroatoms. The fraction of sp³-hybridized carbons (Fsp3) is 0.250. The Morgan fingerprint density at radius 1 is 1.14 bits per heavy atom. The van der Waals surface area contributed by atoms with Crippen molar-refractivity contribution >= 4 is 35.1 Å². The van der Waals surface area contributed by atoms with Crippen molar-refractivity contribution in [3.63, 3.8) is 0 Å². The maximum Gasteiger partial charge on any atom is 0.262 e. The Morgan fingerprint density at radius 3 is 2.55 bits per heavy atom. The Hall–Kier alpha value is -3.33. The van der Waals surface area contributed by atoms with E-state index in [0.717, 1.165) is 11.3 Å². The predicted octanol–water partition coefficient (Wildman–Crippen LogP) is 2.54. The van der Waals surface area contributed by atoms with Gasteiger partial charge in [-0.1, -0.05) is 0 Å². The van der Waals surface area contributed by atoms with E-state index in [2.05, 4.69) is 21.2 Å². The van der Waals surface area contributed by atoms with Crippen molar-refractivity contribution < 1.29 is 19.0 Å². The molecule has 0 radical (unpaired) electrons. The number of nitrogens with zero attached hydrogens (tertiary/aromatic N) is 1. The second-order valence-electron chi connectivity index (χ2n) is 5.65. The molecule has 1 amide bonds. The van der Waals surface area contributed by atoms with Crippen LogP contribution in [-0.4, -0.2) is 44.6 Å². The molecule has 2 aromatic rings. The highest BCUT2D eigenvalue weighted by molar-refractivity contribution is 7.80. The molecule has 0 saturated heterocycles. The fourth-order valence-electron chi connectivity index (χ4n) is 2.25. The highest BCUT2D eigenvalue weighted by atomic mass is 32.1. The molecule has 0 aliphatic carbocycles. The van der Waals surface area contributed by atoms with E-state index >= 15 is 0 Å². The zero-order valence-corrected chi connectivity index (χ0v) is 17.3. The molecule has 8 nitrogen and oxygen atoms in total. The van der Waals surface area contributed by atoms with E-state index in [4.69, 9.17) is 26.4 Å². The molecule has 0 unspecified atom stereocenters. The van der Waals surface area contributed by atoms with Crippen LogP contribution in [0.2, 0.25) is 0 Å². The number of rotatable bonds is 9. The lowest BCUT2D eigenvalue weighted by atomic mass is 10.2. The van der Waals surface area contributed by atoms with Crippen molar-refractivity contribution in [2.24, 2.45) is 5.10 Å². The van der Waals surface area contributed by atoms with Gasteiger partial charge < -0.3 is 24.8 Å². The van der Waals surface area contributed by atoms with Crippen LogP contribution >= 0.6 is 12.2 Å². The lowest BCUT2D eigenvalue weighted by Gasteiger charge is -2.12. The first kappa shape index (κ1) is 22.0. The molecule has 3 N–H and O–H groups in total. The monoisotopic (exact) mass is 416 g/mol. The van der Waals surface area contributed by atoms with Gasteiger partial charge in [0.25, 0.3) is 5.91 Å². The molecule has 0 aliphatic rings. The third-order valence-corrected chi connectivity index (χ3v) is 3.90. The van der Waals surface area contributed by atoms with E-state index in [1.165, 1.54) is 7.11 Å². The van der Waals surface area contributed by atoms with E-state index < -0.39 is 0 Å². The number of nitrogens with one attached hydrogen (secondary N) is 3. The number of ether oxygens (including phenoxy) is 3.